The smallest absolute Gasteiger partial charge is 0.131 e. The van der Waals surface area contributed by atoms with Crippen LogP contribution in [0.4, 0.5) is 4.39 Å². The summed E-state index contributed by atoms with van der Waals surface area (Å²) in [6.07, 6.45) is 1.75. The van der Waals surface area contributed by atoms with Crippen LogP contribution in [0.5, 0.6) is 0 Å². The maximum atomic E-state index is 14.0. The third-order valence-electron chi connectivity index (χ3n) is 4.07. The first-order chi connectivity index (χ1) is 11.6. The van der Waals surface area contributed by atoms with Crippen LogP contribution >= 0.6 is 0 Å². The Bertz CT molecular complexity index is 944. The number of nitriles is 1. The minimum absolute atomic E-state index is 0.321. The van der Waals surface area contributed by atoms with E-state index in [2.05, 4.69) is 10.6 Å². The normalized spacial score (nSPS) is 11.3. The lowest BCUT2D eigenvalue weighted by atomic mass is 10.0. The zero-order chi connectivity index (χ0) is 17.1. The first kappa shape index (κ1) is 15.8. The van der Waals surface area contributed by atoms with Crippen molar-refractivity contribution in [2.75, 3.05) is 0 Å². The molecule has 1 heterocycles. The SMILES string of the molecule is Cc1cc(C=C(C#N)c2ccccc2F)c(C)n1-c1ccccc1. The summed E-state index contributed by atoms with van der Waals surface area (Å²) in [7, 11) is 0. The summed E-state index contributed by atoms with van der Waals surface area (Å²) < 4.78 is 16.1. The molecule has 0 unspecified atom stereocenters. The van der Waals surface area contributed by atoms with Gasteiger partial charge in [-0.05, 0) is 49.8 Å². The van der Waals surface area contributed by atoms with Crippen LogP contribution in [0.3, 0.4) is 0 Å². The van der Waals surface area contributed by atoms with Gasteiger partial charge in [0.1, 0.15) is 5.82 Å². The molecule has 0 aliphatic heterocycles. The highest BCUT2D eigenvalue weighted by atomic mass is 19.1. The van der Waals surface area contributed by atoms with Crippen molar-refractivity contribution in [2.24, 2.45) is 0 Å². The molecule has 0 radical (unpaired) electrons. The van der Waals surface area contributed by atoms with Crippen LogP contribution in [0.25, 0.3) is 17.3 Å². The van der Waals surface area contributed by atoms with Gasteiger partial charge in [-0.25, -0.2) is 4.39 Å². The number of allylic oxidation sites excluding steroid dienone is 1. The van der Waals surface area contributed by atoms with Crippen LogP contribution in [-0.4, -0.2) is 4.57 Å². The Kier molecular flexibility index (Phi) is 4.31. The number of hydrogen-bond acceptors (Lipinski definition) is 1. The fraction of sp³-hybridized carbons (Fsp3) is 0.0952. The highest BCUT2D eigenvalue weighted by Crippen LogP contribution is 2.26. The van der Waals surface area contributed by atoms with Gasteiger partial charge in [0.2, 0.25) is 0 Å². The fourth-order valence-electron chi connectivity index (χ4n) is 2.91. The van der Waals surface area contributed by atoms with E-state index in [4.69, 9.17) is 0 Å². The molecule has 2 aromatic carbocycles. The molecule has 0 fully saturated rings. The Morgan fingerprint density at radius 2 is 1.71 bits per heavy atom. The summed E-state index contributed by atoms with van der Waals surface area (Å²) >= 11 is 0. The van der Waals surface area contributed by atoms with E-state index in [-0.39, 0.29) is 5.82 Å². The number of aromatic nitrogens is 1. The fourth-order valence-corrected chi connectivity index (χ4v) is 2.91. The van der Waals surface area contributed by atoms with Crippen LogP contribution < -0.4 is 0 Å². The van der Waals surface area contributed by atoms with Crippen molar-refractivity contribution in [3.8, 4) is 11.8 Å². The van der Waals surface area contributed by atoms with E-state index in [1.165, 1.54) is 6.07 Å². The molecule has 2 nitrogen and oxygen atoms in total. The van der Waals surface area contributed by atoms with Crippen LogP contribution in [0, 0.1) is 31.0 Å². The van der Waals surface area contributed by atoms with Gasteiger partial charge >= 0.3 is 0 Å². The second kappa shape index (κ2) is 6.55. The lowest BCUT2D eigenvalue weighted by Gasteiger charge is -2.09. The van der Waals surface area contributed by atoms with E-state index in [0.717, 1.165) is 22.6 Å². The zero-order valence-corrected chi connectivity index (χ0v) is 13.6. The van der Waals surface area contributed by atoms with Gasteiger partial charge in [0.25, 0.3) is 0 Å². The van der Waals surface area contributed by atoms with Crippen molar-refractivity contribution in [3.63, 3.8) is 0 Å². The zero-order valence-electron chi connectivity index (χ0n) is 13.6. The van der Waals surface area contributed by atoms with Crippen molar-refractivity contribution >= 4 is 11.6 Å². The minimum atomic E-state index is -0.387. The van der Waals surface area contributed by atoms with Crippen molar-refractivity contribution in [3.05, 3.63) is 89.0 Å². The highest BCUT2D eigenvalue weighted by Gasteiger charge is 2.12. The van der Waals surface area contributed by atoms with Gasteiger partial charge in [0.05, 0.1) is 11.6 Å². The summed E-state index contributed by atoms with van der Waals surface area (Å²) in [6, 6.07) is 20.5. The van der Waals surface area contributed by atoms with Gasteiger partial charge in [-0.1, -0.05) is 36.4 Å². The van der Waals surface area contributed by atoms with Crippen LogP contribution in [0.1, 0.15) is 22.5 Å². The number of rotatable bonds is 3. The van der Waals surface area contributed by atoms with Crippen molar-refractivity contribution in [1.82, 2.24) is 4.57 Å². The first-order valence-electron chi connectivity index (χ1n) is 7.73. The Labute approximate surface area is 141 Å². The second-order valence-corrected chi connectivity index (χ2v) is 5.65. The van der Waals surface area contributed by atoms with E-state index >= 15 is 0 Å². The van der Waals surface area contributed by atoms with E-state index in [1.54, 1.807) is 24.3 Å². The summed E-state index contributed by atoms with van der Waals surface area (Å²) in [5.74, 6) is -0.387. The maximum Gasteiger partial charge on any atom is 0.131 e. The lowest BCUT2D eigenvalue weighted by Crippen LogP contribution is -1.98. The molecule has 0 atom stereocenters. The number of nitrogens with zero attached hydrogens (tertiary/aromatic N) is 2. The predicted octanol–water partition coefficient (Wildman–Crippen LogP) is 5.30. The summed E-state index contributed by atoms with van der Waals surface area (Å²) in [5.41, 5.74) is 4.71. The topological polar surface area (TPSA) is 28.7 Å². The average molecular weight is 316 g/mol. The monoisotopic (exact) mass is 316 g/mol. The van der Waals surface area contributed by atoms with E-state index in [1.807, 2.05) is 50.2 Å². The number of hydrogen-bond donors (Lipinski definition) is 0. The molecule has 0 bridgehead atoms. The number of benzene rings is 2. The first-order valence-corrected chi connectivity index (χ1v) is 7.73. The molecule has 0 amide bonds. The molecule has 24 heavy (non-hydrogen) atoms. The molecule has 3 aromatic rings. The van der Waals surface area contributed by atoms with Gasteiger partial charge in [-0.3, -0.25) is 0 Å². The van der Waals surface area contributed by atoms with E-state index < -0.39 is 0 Å². The van der Waals surface area contributed by atoms with Crippen molar-refractivity contribution in [2.45, 2.75) is 13.8 Å². The predicted molar refractivity (Wildman–Crippen MR) is 95.1 cm³/mol. The number of aryl methyl sites for hydroxylation is 1. The summed E-state index contributed by atoms with van der Waals surface area (Å²) in [4.78, 5) is 0. The molecule has 0 saturated heterocycles. The molecule has 0 spiro atoms. The third kappa shape index (κ3) is 2.87. The summed E-state index contributed by atoms with van der Waals surface area (Å²) in [5, 5.41) is 9.46. The van der Waals surface area contributed by atoms with Gasteiger partial charge in [0, 0.05) is 22.6 Å². The highest BCUT2D eigenvalue weighted by molar-refractivity contribution is 5.90. The Morgan fingerprint density at radius 3 is 2.38 bits per heavy atom. The molecule has 1 aromatic heterocycles. The molecule has 0 aliphatic carbocycles. The number of halogens is 1. The van der Waals surface area contributed by atoms with Crippen LogP contribution in [0.15, 0.2) is 60.7 Å². The molecule has 3 heteroatoms. The quantitative estimate of drug-likeness (QED) is 0.603. The van der Waals surface area contributed by atoms with Gasteiger partial charge in [-0.2, -0.15) is 5.26 Å². The van der Waals surface area contributed by atoms with Crippen molar-refractivity contribution in [1.29, 1.82) is 5.26 Å². The Morgan fingerprint density at radius 1 is 1.04 bits per heavy atom. The summed E-state index contributed by atoms with van der Waals surface area (Å²) in [6.45, 7) is 4.02. The largest absolute Gasteiger partial charge is 0.318 e. The Hall–Kier alpha value is -3.12. The molecule has 118 valence electrons. The third-order valence-corrected chi connectivity index (χ3v) is 4.07. The molecule has 0 aliphatic rings. The standard InChI is InChI=1S/C21H17FN2/c1-15-12-17(16(2)24(15)19-8-4-3-5-9-19)13-18(14-23)20-10-6-7-11-21(20)22/h3-13H,1-2H3. The molecule has 0 N–H and O–H groups in total. The molecular weight excluding hydrogens is 299 g/mol. The van der Waals surface area contributed by atoms with Crippen molar-refractivity contribution < 1.29 is 4.39 Å². The van der Waals surface area contributed by atoms with Gasteiger partial charge in [-0.15, -0.1) is 0 Å². The molecular formula is C21H17FN2. The van der Waals surface area contributed by atoms with Gasteiger partial charge in [0.15, 0.2) is 0 Å². The average Bonchev–Trinajstić information content (AvgIpc) is 2.88. The van der Waals surface area contributed by atoms with Gasteiger partial charge < -0.3 is 4.57 Å². The lowest BCUT2D eigenvalue weighted by molar-refractivity contribution is 0.624. The molecule has 0 saturated carbocycles. The minimum Gasteiger partial charge on any atom is -0.318 e. The Balaban J connectivity index is 2.11. The van der Waals surface area contributed by atoms with E-state index in [0.29, 0.717) is 11.1 Å². The van der Waals surface area contributed by atoms with E-state index in [9.17, 15) is 9.65 Å². The molecule has 3 rings (SSSR count). The van der Waals surface area contributed by atoms with Crippen LogP contribution in [-0.2, 0) is 0 Å². The second-order valence-electron chi connectivity index (χ2n) is 5.65. The van der Waals surface area contributed by atoms with Crippen LogP contribution in [0.2, 0.25) is 0 Å². The maximum absolute atomic E-state index is 14.0. The number of para-hydroxylation sites is 1.